The average Bonchev–Trinajstić information content (AvgIpc) is 2.27. The fourth-order valence-electron chi connectivity index (χ4n) is 1.21. The molecule has 0 spiro atoms. The van der Waals surface area contributed by atoms with Crippen molar-refractivity contribution in [2.75, 3.05) is 0 Å². The molecule has 92 valence electrons. The number of benzene rings is 1. The molecule has 0 aliphatic rings. The van der Waals surface area contributed by atoms with Crippen LogP contribution in [0.15, 0.2) is 30.3 Å². The Kier molecular flexibility index (Phi) is 4.20. The molecular formula is C12H15NO4. The van der Waals surface area contributed by atoms with E-state index in [0.29, 0.717) is 0 Å². The van der Waals surface area contributed by atoms with Gasteiger partial charge in [0, 0.05) is 18.8 Å². The van der Waals surface area contributed by atoms with Crippen molar-refractivity contribution in [1.82, 2.24) is 0 Å². The van der Waals surface area contributed by atoms with Gasteiger partial charge < -0.3 is 4.74 Å². The van der Waals surface area contributed by atoms with Gasteiger partial charge in [-0.3, -0.25) is 14.9 Å². The molecule has 17 heavy (non-hydrogen) atoms. The molecule has 0 saturated carbocycles. The van der Waals surface area contributed by atoms with Gasteiger partial charge in [0.2, 0.25) is 5.54 Å². The van der Waals surface area contributed by atoms with Gasteiger partial charge in [-0.25, -0.2) is 0 Å². The van der Waals surface area contributed by atoms with Crippen LogP contribution >= 0.6 is 0 Å². The second kappa shape index (κ2) is 5.43. The van der Waals surface area contributed by atoms with Crippen LogP contribution < -0.4 is 0 Å². The van der Waals surface area contributed by atoms with Crippen molar-refractivity contribution in [3.05, 3.63) is 46.0 Å². The standard InChI is InChI=1S/C12H15NO4/c1-12(2,13(15)16)8-11(14)17-9-10-6-4-3-5-7-10/h3-7H,8-9H2,1-2H3. The highest BCUT2D eigenvalue weighted by Gasteiger charge is 2.34. The first-order chi connectivity index (χ1) is 7.92. The Morgan fingerprint density at radius 1 is 1.35 bits per heavy atom. The SMILES string of the molecule is CC(C)(CC(=O)OCc1ccccc1)[N+](=O)[O-]. The van der Waals surface area contributed by atoms with E-state index in [1.807, 2.05) is 30.3 Å². The zero-order valence-corrected chi connectivity index (χ0v) is 9.88. The number of esters is 1. The van der Waals surface area contributed by atoms with E-state index in [4.69, 9.17) is 4.74 Å². The van der Waals surface area contributed by atoms with Gasteiger partial charge in [-0.1, -0.05) is 30.3 Å². The van der Waals surface area contributed by atoms with Gasteiger partial charge in [-0.05, 0) is 5.56 Å². The highest BCUT2D eigenvalue weighted by atomic mass is 16.6. The summed E-state index contributed by atoms with van der Waals surface area (Å²) in [6, 6.07) is 9.19. The molecule has 0 atom stereocenters. The molecule has 0 heterocycles. The third-order valence-corrected chi connectivity index (χ3v) is 2.31. The Balaban J connectivity index is 2.44. The summed E-state index contributed by atoms with van der Waals surface area (Å²) in [5.41, 5.74) is -0.423. The summed E-state index contributed by atoms with van der Waals surface area (Å²) < 4.78 is 4.97. The molecular weight excluding hydrogens is 222 g/mol. The van der Waals surface area contributed by atoms with Crippen LogP contribution in [-0.4, -0.2) is 16.4 Å². The van der Waals surface area contributed by atoms with E-state index in [1.54, 1.807) is 0 Å². The molecule has 1 rings (SSSR count). The molecule has 5 heteroatoms. The molecule has 0 amide bonds. The van der Waals surface area contributed by atoms with E-state index >= 15 is 0 Å². The number of hydrogen-bond acceptors (Lipinski definition) is 4. The normalized spacial score (nSPS) is 10.9. The lowest BCUT2D eigenvalue weighted by Crippen LogP contribution is -2.34. The lowest BCUT2D eigenvalue weighted by Gasteiger charge is -2.14. The van der Waals surface area contributed by atoms with E-state index in [2.05, 4.69) is 0 Å². The lowest BCUT2D eigenvalue weighted by atomic mass is 10.0. The summed E-state index contributed by atoms with van der Waals surface area (Å²) in [6.45, 7) is 2.95. The van der Waals surface area contributed by atoms with Gasteiger partial charge in [0.15, 0.2) is 0 Å². The monoisotopic (exact) mass is 237 g/mol. The number of ether oxygens (including phenoxy) is 1. The lowest BCUT2D eigenvalue weighted by molar-refractivity contribution is -0.559. The van der Waals surface area contributed by atoms with E-state index < -0.39 is 16.4 Å². The predicted octanol–water partition coefficient (Wildman–Crippen LogP) is 2.18. The second-order valence-corrected chi connectivity index (χ2v) is 4.39. The number of nitro groups is 1. The van der Waals surface area contributed by atoms with Crippen molar-refractivity contribution in [3.63, 3.8) is 0 Å². The molecule has 0 saturated heterocycles. The number of nitrogens with zero attached hydrogens (tertiary/aromatic N) is 1. The maximum atomic E-state index is 11.4. The maximum Gasteiger partial charge on any atom is 0.313 e. The Hall–Kier alpha value is -1.91. The average molecular weight is 237 g/mol. The van der Waals surface area contributed by atoms with Gasteiger partial charge in [0.1, 0.15) is 13.0 Å². The summed E-state index contributed by atoms with van der Waals surface area (Å²) in [5.74, 6) is -0.560. The van der Waals surface area contributed by atoms with E-state index in [-0.39, 0.29) is 13.0 Å². The Morgan fingerprint density at radius 2 is 1.94 bits per heavy atom. The molecule has 1 aromatic carbocycles. The van der Waals surface area contributed by atoms with Gasteiger partial charge in [0.25, 0.3) is 0 Å². The Morgan fingerprint density at radius 3 is 2.47 bits per heavy atom. The first-order valence-corrected chi connectivity index (χ1v) is 5.26. The predicted molar refractivity (Wildman–Crippen MR) is 61.9 cm³/mol. The zero-order valence-electron chi connectivity index (χ0n) is 9.88. The van der Waals surface area contributed by atoms with Crippen molar-refractivity contribution < 1.29 is 14.5 Å². The quantitative estimate of drug-likeness (QED) is 0.447. The minimum atomic E-state index is -1.28. The minimum Gasteiger partial charge on any atom is -0.461 e. The topological polar surface area (TPSA) is 69.4 Å². The largest absolute Gasteiger partial charge is 0.461 e. The van der Waals surface area contributed by atoms with Gasteiger partial charge >= 0.3 is 5.97 Å². The van der Waals surface area contributed by atoms with E-state index in [9.17, 15) is 14.9 Å². The summed E-state index contributed by atoms with van der Waals surface area (Å²) in [7, 11) is 0. The van der Waals surface area contributed by atoms with Crippen LogP contribution in [0.2, 0.25) is 0 Å². The molecule has 5 nitrogen and oxygen atoms in total. The maximum absolute atomic E-state index is 11.4. The van der Waals surface area contributed by atoms with Crippen molar-refractivity contribution in [3.8, 4) is 0 Å². The molecule has 0 aromatic heterocycles. The fourth-order valence-corrected chi connectivity index (χ4v) is 1.21. The smallest absolute Gasteiger partial charge is 0.313 e. The first kappa shape index (κ1) is 13.2. The summed E-state index contributed by atoms with van der Waals surface area (Å²) in [5, 5.41) is 10.6. The fraction of sp³-hybridized carbons (Fsp3) is 0.417. The number of carbonyl (C=O) groups is 1. The molecule has 0 bridgehead atoms. The molecule has 0 unspecified atom stereocenters. The van der Waals surface area contributed by atoms with Crippen LogP contribution in [0, 0.1) is 10.1 Å². The highest BCUT2D eigenvalue weighted by molar-refractivity contribution is 5.70. The number of rotatable bonds is 5. The number of hydrogen-bond donors (Lipinski definition) is 0. The van der Waals surface area contributed by atoms with Crippen LogP contribution in [-0.2, 0) is 16.1 Å². The molecule has 0 radical (unpaired) electrons. The zero-order chi connectivity index (χ0) is 12.9. The van der Waals surface area contributed by atoms with Crippen LogP contribution in [0.3, 0.4) is 0 Å². The third kappa shape index (κ3) is 4.22. The second-order valence-electron chi connectivity index (χ2n) is 4.39. The highest BCUT2D eigenvalue weighted by Crippen LogP contribution is 2.14. The van der Waals surface area contributed by atoms with E-state index in [1.165, 1.54) is 13.8 Å². The third-order valence-electron chi connectivity index (χ3n) is 2.31. The van der Waals surface area contributed by atoms with Gasteiger partial charge in [-0.2, -0.15) is 0 Å². The van der Waals surface area contributed by atoms with Gasteiger partial charge in [-0.15, -0.1) is 0 Å². The summed E-state index contributed by atoms with van der Waals surface area (Å²) >= 11 is 0. The van der Waals surface area contributed by atoms with Crippen LogP contribution in [0.4, 0.5) is 0 Å². The molecule has 0 aliphatic carbocycles. The first-order valence-electron chi connectivity index (χ1n) is 5.26. The molecule has 0 fully saturated rings. The van der Waals surface area contributed by atoms with Crippen LogP contribution in [0.5, 0.6) is 0 Å². The van der Waals surface area contributed by atoms with Crippen molar-refractivity contribution >= 4 is 5.97 Å². The Bertz CT molecular complexity index is 400. The molecule has 0 N–H and O–H groups in total. The minimum absolute atomic E-state index is 0.146. The van der Waals surface area contributed by atoms with E-state index in [0.717, 1.165) is 5.56 Å². The summed E-state index contributed by atoms with van der Waals surface area (Å²) in [6.07, 6.45) is -0.229. The van der Waals surface area contributed by atoms with Crippen LogP contribution in [0.25, 0.3) is 0 Å². The summed E-state index contributed by atoms with van der Waals surface area (Å²) in [4.78, 5) is 21.6. The molecule has 0 aliphatic heterocycles. The van der Waals surface area contributed by atoms with Crippen LogP contribution in [0.1, 0.15) is 25.8 Å². The Labute approximate surface area is 99.5 Å². The van der Waals surface area contributed by atoms with Crippen molar-refractivity contribution in [1.29, 1.82) is 0 Å². The van der Waals surface area contributed by atoms with Crippen molar-refractivity contribution in [2.45, 2.75) is 32.4 Å². The van der Waals surface area contributed by atoms with Crippen molar-refractivity contribution in [2.24, 2.45) is 0 Å². The van der Waals surface area contributed by atoms with Gasteiger partial charge in [0.05, 0.1) is 0 Å². The molecule has 1 aromatic rings. The number of carbonyl (C=O) groups excluding carboxylic acids is 1.